The van der Waals surface area contributed by atoms with Gasteiger partial charge in [0.2, 0.25) is 12.7 Å². The van der Waals surface area contributed by atoms with E-state index in [0.29, 0.717) is 13.1 Å². The number of ether oxygens (including phenoxy) is 2. The predicted octanol–water partition coefficient (Wildman–Crippen LogP) is 3.71. The third kappa shape index (κ3) is 3.94. The zero-order valence-corrected chi connectivity index (χ0v) is 16.1. The van der Waals surface area contributed by atoms with Crippen LogP contribution in [-0.4, -0.2) is 30.7 Å². The van der Waals surface area contributed by atoms with Gasteiger partial charge in [-0.3, -0.25) is 9.69 Å². The summed E-state index contributed by atoms with van der Waals surface area (Å²) in [5.41, 5.74) is 2.18. The third-order valence-corrected chi connectivity index (χ3v) is 5.19. The molecule has 0 aliphatic carbocycles. The maximum atomic E-state index is 12.6. The standard InChI is InChI=1S/C23H24N2O3/c1-16(23(26)24-13-17-8-10-21-22(12-17)28-15-27-21)25(2)14-18-7-9-19-5-3-4-6-20(19)11-18/h3-12,16H,13-15H2,1-2H3,(H,24,26)/t16-/m1/s1. The van der Waals surface area contributed by atoms with E-state index in [1.165, 1.54) is 16.3 Å². The molecule has 0 saturated heterocycles. The fourth-order valence-electron chi connectivity index (χ4n) is 3.35. The molecule has 1 aliphatic rings. The molecule has 1 amide bonds. The monoisotopic (exact) mass is 376 g/mol. The Morgan fingerprint density at radius 3 is 2.61 bits per heavy atom. The van der Waals surface area contributed by atoms with Gasteiger partial charge in [0.25, 0.3) is 0 Å². The van der Waals surface area contributed by atoms with E-state index >= 15 is 0 Å². The molecule has 0 bridgehead atoms. The summed E-state index contributed by atoms with van der Waals surface area (Å²) in [6.45, 7) is 3.35. The minimum atomic E-state index is -0.236. The first kappa shape index (κ1) is 18.3. The topological polar surface area (TPSA) is 50.8 Å². The SMILES string of the molecule is C[C@H](C(=O)NCc1ccc2c(c1)OCO2)N(C)Cc1ccc2ccccc2c1. The van der Waals surface area contributed by atoms with Gasteiger partial charge in [-0.2, -0.15) is 0 Å². The van der Waals surface area contributed by atoms with Gasteiger partial charge in [-0.1, -0.05) is 42.5 Å². The van der Waals surface area contributed by atoms with E-state index < -0.39 is 0 Å². The second kappa shape index (κ2) is 7.90. The molecule has 3 aromatic carbocycles. The lowest BCUT2D eigenvalue weighted by Crippen LogP contribution is -2.42. The molecule has 5 nitrogen and oxygen atoms in total. The second-order valence-corrected chi connectivity index (χ2v) is 7.18. The maximum Gasteiger partial charge on any atom is 0.237 e. The smallest absolute Gasteiger partial charge is 0.237 e. The number of hydrogen-bond acceptors (Lipinski definition) is 4. The van der Waals surface area contributed by atoms with Gasteiger partial charge in [-0.15, -0.1) is 0 Å². The molecule has 0 unspecified atom stereocenters. The van der Waals surface area contributed by atoms with Crippen LogP contribution in [0.1, 0.15) is 18.1 Å². The summed E-state index contributed by atoms with van der Waals surface area (Å²) in [5.74, 6) is 1.48. The van der Waals surface area contributed by atoms with Crippen molar-refractivity contribution in [1.82, 2.24) is 10.2 Å². The van der Waals surface area contributed by atoms with E-state index in [2.05, 4.69) is 40.5 Å². The molecule has 0 aromatic heterocycles. The first-order chi connectivity index (χ1) is 13.6. The van der Waals surface area contributed by atoms with E-state index in [9.17, 15) is 4.79 Å². The van der Waals surface area contributed by atoms with Gasteiger partial charge in [0, 0.05) is 13.1 Å². The summed E-state index contributed by atoms with van der Waals surface area (Å²) >= 11 is 0. The molecule has 144 valence electrons. The fourth-order valence-corrected chi connectivity index (χ4v) is 3.35. The van der Waals surface area contributed by atoms with Crippen molar-refractivity contribution in [2.24, 2.45) is 0 Å². The number of amides is 1. The average Bonchev–Trinajstić information content (AvgIpc) is 3.19. The highest BCUT2D eigenvalue weighted by atomic mass is 16.7. The number of nitrogens with one attached hydrogen (secondary N) is 1. The molecule has 1 atom stereocenters. The Labute approximate surface area is 164 Å². The third-order valence-electron chi connectivity index (χ3n) is 5.19. The van der Waals surface area contributed by atoms with Gasteiger partial charge in [0.05, 0.1) is 6.04 Å². The van der Waals surface area contributed by atoms with Gasteiger partial charge in [-0.25, -0.2) is 0 Å². The van der Waals surface area contributed by atoms with Gasteiger partial charge >= 0.3 is 0 Å². The lowest BCUT2D eigenvalue weighted by atomic mass is 10.1. The molecule has 28 heavy (non-hydrogen) atoms. The largest absolute Gasteiger partial charge is 0.454 e. The molecular weight excluding hydrogens is 352 g/mol. The summed E-state index contributed by atoms with van der Waals surface area (Å²) in [6, 6.07) is 20.2. The Kier molecular flexibility index (Phi) is 5.17. The predicted molar refractivity (Wildman–Crippen MR) is 109 cm³/mol. The maximum absolute atomic E-state index is 12.6. The minimum absolute atomic E-state index is 0.000885. The number of rotatable bonds is 6. The van der Waals surface area contributed by atoms with Crippen LogP contribution >= 0.6 is 0 Å². The Morgan fingerprint density at radius 1 is 1.00 bits per heavy atom. The van der Waals surface area contributed by atoms with E-state index in [0.717, 1.165) is 17.1 Å². The molecule has 0 radical (unpaired) electrons. The van der Waals surface area contributed by atoms with Gasteiger partial charge in [0.1, 0.15) is 0 Å². The van der Waals surface area contributed by atoms with E-state index in [1.54, 1.807) is 0 Å². The van der Waals surface area contributed by atoms with Crippen molar-refractivity contribution in [3.8, 4) is 11.5 Å². The zero-order chi connectivity index (χ0) is 19.5. The van der Waals surface area contributed by atoms with Crippen LogP contribution in [-0.2, 0) is 17.9 Å². The Morgan fingerprint density at radius 2 is 1.75 bits per heavy atom. The minimum Gasteiger partial charge on any atom is -0.454 e. The van der Waals surface area contributed by atoms with Crippen molar-refractivity contribution < 1.29 is 14.3 Å². The van der Waals surface area contributed by atoms with Crippen molar-refractivity contribution >= 4 is 16.7 Å². The number of likely N-dealkylation sites (N-methyl/N-ethyl adjacent to an activating group) is 1. The van der Waals surface area contributed by atoms with Crippen LogP contribution in [0.5, 0.6) is 11.5 Å². The van der Waals surface area contributed by atoms with E-state index in [4.69, 9.17) is 9.47 Å². The van der Waals surface area contributed by atoms with Gasteiger partial charge in [0.15, 0.2) is 11.5 Å². The quantitative estimate of drug-likeness (QED) is 0.713. The van der Waals surface area contributed by atoms with Crippen LogP contribution < -0.4 is 14.8 Å². The Hall–Kier alpha value is -3.05. The van der Waals surface area contributed by atoms with Gasteiger partial charge < -0.3 is 14.8 Å². The summed E-state index contributed by atoms with van der Waals surface area (Å²) in [6.07, 6.45) is 0. The molecule has 3 aromatic rings. The summed E-state index contributed by atoms with van der Waals surface area (Å²) < 4.78 is 10.7. The molecule has 1 N–H and O–H groups in total. The van der Waals surface area contributed by atoms with Crippen LogP contribution in [0.25, 0.3) is 10.8 Å². The molecule has 0 fully saturated rings. The molecule has 4 rings (SSSR count). The molecule has 1 aliphatic heterocycles. The van der Waals surface area contributed by atoms with E-state index in [-0.39, 0.29) is 18.7 Å². The van der Waals surface area contributed by atoms with E-state index in [1.807, 2.05) is 44.3 Å². The Balaban J connectivity index is 1.34. The highest BCUT2D eigenvalue weighted by Crippen LogP contribution is 2.32. The highest BCUT2D eigenvalue weighted by Gasteiger charge is 2.19. The van der Waals surface area contributed by atoms with Gasteiger partial charge in [-0.05, 0) is 54.1 Å². The number of hydrogen-bond donors (Lipinski definition) is 1. The summed E-state index contributed by atoms with van der Waals surface area (Å²) in [7, 11) is 1.97. The molecule has 5 heteroatoms. The second-order valence-electron chi connectivity index (χ2n) is 7.18. The van der Waals surface area contributed by atoms with Crippen molar-refractivity contribution in [3.05, 3.63) is 71.8 Å². The van der Waals surface area contributed by atoms with Crippen LogP contribution in [0.15, 0.2) is 60.7 Å². The first-order valence-electron chi connectivity index (χ1n) is 9.44. The fraction of sp³-hybridized carbons (Fsp3) is 0.261. The van der Waals surface area contributed by atoms with Crippen molar-refractivity contribution in [2.75, 3.05) is 13.8 Å². The summed E-state index contributed by atoms with van der Waals surface area (Å²) in [4.78, 5) is 14.6. The lowest BCUT2D eigenvalue weighted by Gasteiger charge is -2.24. The van der Waals surface area contributed by atoms with Crippen LogP contribution in [0.3, 0.4) is 0 Å². The number of benzene rings is 3. The van der Waals surface area contributed by atoms with Crippen molar-refractivity contribution in [1.29, 1.82) is 0 Å². The average molecular weight is 376 g/mol. The first-order valence-corrected chi connectivity index (χ1v) is 9.44. The molecule has 1 heterocycles. The zero-order valence-electron chi connectivity index (χ0n) is 16.1. The molecular formula is C23H24N2O3. The summed E-state index contributed by atoms with van der Waals surface area (Å²) in [5, 5.41) is 5.45. The molecule has 0 spiro atoms. The van der Waals surface area contributed by atoms with Crippen molar-refractivity contribution in [2.45, 2.75) is 26.1 Å². The Bertz CT molecular complexity index is 1000. The number of carbonyl (C=O) groups is 1. The number of fused-ring (bicyclic) bond motifs is 2. The van der Waals surface area contributed by atoms with Crippen molar-refractivity contribution in [3.63, 3.8) is 0 Å². The van der Waals surface area contributed by atoms with Crippen LogP contribution in [0.4, 0.5) is 0 Å². The normalized spacial score (nSPS) is 13.7. The van der Waals surface area contributed by atoms with Crippen LogP contribution in [0, 0.1) is 0 Å². The lowest BCUT2D eigenvalue weighted by molar-refractivity contribution is -0.125. The highest BCUT2D eigenvalue weighted by molar-refractivity contribution is 5.83. The number of carbonyl (C=O) groups excluding carboxylic acids is 1. The van der Waals surface area contributed by atoms with Crippen LogP contribution in [0.2, 0.25) is 0 Å². The number of nitrogens with zero attached hydrogens (tertiary/aromatic N) is 1. The molecule has 0 saturated carbocycles.